The zero-order chi connectivity index (χ0) is 13.1. The molecule has 4 nitrogen and oxygen atoms in total. The van der Waals surface area contributed by atoms with Gasteiger partial charge in [0.1, 0.15) is 0 Å². The van der Waals surface area contributed by atoms with Crippen LogP contribution in [0.3, 0.4) is 0 Å². The molecule has 0 aliphatic heterocycles. The van der Waals surface area contributed by atoms with Crippen molar-refractivity contribution in [2.75, 3.05) is 20.7 Å². The molecule has 2 atom stereocenters. The Morgan fingerprint density at radius 3 is 2.71 bits per heavy atom. The van der Waals surface area contributed by atoms with Crippen LogP contribution in [0.25, 0.3) is 0 Å². The number of likely N-dealkylation sites (N-methyl/N-ethyl adjacent to an activating group) is 1. The van der Waals surface area contributed by atoms with Crippen molar-refractivity contribution in [3.8, 4) is 0 Å². The van der Waals surface area contributed by atoms with Crippen LogP contribution < -0.4 is 5.73 Å². The molecule has 17 heavy (non-hydrogen) atoms. The van der Waals surface area contributed by atoms with E-state index >= 15 is 0 Å². The summed E-state index contributed by atoms with van der Waals surface area (Å²) in [6, 6.07) is 0. The second-order valence-corrected chi connectivity index (χ2v) is 5.72. The molecule has 0 bridgehead atoms. The fraction of sp³-hybridized carbons (Fsp3) is 0.750. The maximum atomic E-state index is 5.90. The van der Waals surface area contributed by atoms with Gasteiger partial charge in [0, 0.05) is 25.6 Å². The average Bonchev–Trinajstić information content (AvgIpc) is 2.72. The van der Waals surface area contributed by atoms with Gasteiger partial charge >= 0.3 is 0 Å². The van der Waals surface area contributed by atoms with Crippen molar-refractivity contribution in [1.82, 2.24) is 9.88 Å². The predicted molar refractivity (Wildman–Crippen MR) is 72.2 cm³/mol. The van der Waals surface area contributed by atoms with E-state index in [0.29, 0.717) is 6.54 Å². The number of nitrogens with zero attached hydrogens (tertiary/aromatic N) is 2. The minimum atomic E-state index is -0.174. The van der Waals surface area contributed by atoms with E-state index in [1.54, 1.807) is 18.4 Å². The highest BCUT2D eigenvalue weighted by Crippen LogP contribution is 2.22. The first-order valence-corrected chi connectivity index (χ1v) is 6.67. The van der Waals surface area contributed by atoms with Crippen molar-refractivity contribution in [1.29, 1.82) is 0 Å². The fourth-order valence-electron chi connectivity index (χ4n) is 1.79. The molecule has 2 N–H and O–H groups in total. The Hall–Kier alpha value is -0.490. The normalized spacial score (nSPS) is 17.1. The zero-order valence-electron chi connectivity index (χ0n) is 11.4. The Balaban J connectivity index is 2.76. The van der Waals surface area contributed by atoms with Gasteiger partial charge in [-0.2, -0.15) is 0 Å². The number of hydrogen-bond donors (Lipinski definition) is 1. The summed E-state index contributed by atoms with van der Waals surface area (Å²) in [5, 5.41) is 3.20. The number of nitrogens with two attached hydrogens (primary N) is 1. The SMILES string of the molecule is COC(C)C(C)(CN)N(C)Cc1csc(C)n1. The quantitative estimate of drug-likeness (QED) is 0.841. The van der Waals surface area contributed by atoms with Crippen molar-refractivity contribution < 1.29 is 4.74 Å². The molecule has 98 valence electrons. The third-order valence-corrected chi connectivity index (χ3v) is 4.40. The van der Waals surface area contributed by atoms with E-state index in [1.807, 2.05) is 6.92 Å². The molecule has 0 saturated heterocycles. The highest BCUT2D eigenvalue weighted by Gasteiger charge is 2.34. The summed E-state index contributed by atoms with van der Waals surface area (Å²) in [5.41, 5.74) is 6.82. The molecule has 1 aromatic heterocycles. The number of ether oxygens (including phenoxy) is 1. The summed E-state index contributed by atoms with van der Waals surface area (Å²) >= 11 is 1.68. The van der Waals surface area contributed by atoms with Crippen molar-refractivity contribution in [3.63, 3.8) is 0 Å². The van der Waals surface area contributed by atoms with Gasteiger partial charge in [0.25, 0.3) is 0 Å². The maximum absolute atomic E-state index is 5.90. The summed E-state index contributed by atoms with van der Waals surface area (Å²) < 4.78 is 5.43. The molecule has 0 amide bonds. The van der Waals surface area contributed by atoms with E-state index in [2.05, 4.69) is 36.2 Å². The molecule has 1 heterocycles. The van der Waals surface area contributed by atoms with Crippen molar-refractivity contribution >= 4 is 11.3 Å². The monoisotopic (exact) mass is 257 g/mol. The topological polar surface area (TPSA) is 51.4 Å². The summed E-state index contributed by atoms with van der Waals surface area (Å²) in [6.45, 7) is 7.55. The molecule has 0 aliphatic carbocycles. The van der Waals surface area contributed by atoms with Crippen LogP contribution >= 0.6 is 11.3 Å². The number of hydrogen-bond acceptors (Lipinski definition) is 5. The third kappa shape index (κ3) is 3.25. The van der Waals surface area contributed by atoms with Gasteiger partial charge in [-0.05, 0) is 27.8 Å². The van der Waals surface area contributed by atoms with Crippen LogP contribution in [0, 0.1) is 6.92 Å². The van der Waals surface area contributed by atoms with E-state index in [1.165, 1.54) is 0 Å². The number of rotatable bonds is 6. The van der Waals surface area contributed by atoms with Gasteiger partial charge in [0.05, 0.1) is 22.3 Å². The Bertz CT molecular complexity index is 355. The van der Waals surface area contributed by atoms with Crippen LogP contribution in [-0.2, 0) is 11.3 Å². The summed E-state index contributed by atoms with van der Waals surface area (Å²) in [6.07, 6.45) is 0.0808. The highest BCUT2D eigenvalue weighted by atomic mass is 32.1. The molecule has 1 aromatic rings. The van der Waals surface area contributed by atoms with Crippen molar-refractivity contribution in [2.45, 2.75) is 39.0 Å². The smallest absolute Gasteiger partial charge is 0.0897 e. The fourth-order valence-corrected chi connectivity index (χ4v) is 2.39. The second kappa shape index (κ2) is 5.91. The Morgan fingerprint density at radius 2 is 2.29 bits per heavy atom. The van der Waals surface area contributed by atoms with Gasteiger partial charge < -0.3 is 10.5 Å². The predicted octanol–water partition coefficient (Wildman–Crippen LogP) is 1.64. The molecule has 0 spiro atoms. The van der Waals surface area contributed by atoms with Gasteiger partial charge in [-0.3, -0.25) is 4.90 Å². The van der Waals surface area contributed by atoms with Gasteiger partial charge in [0.15, 0.2) is 0 Å². The van der Waals surface area contributed by atoms with E-state index in [-0.39, 0.29) is 11.6 Å². The zero-order valence-corrected chi connectivity index (χ0v) is 12.2. The number of methoxy groups -OCH3 is 1. The minimum absolute atomic E-state index is 0.0808. The first kappa shape index (κ1) is 14.6. The third-order valence-electron chi connectivity index (χ3n) is 3.58. The summed E-state index contributed by atoms with van der Waals surface area (Å²) in [5.74, 6) is 0. The maximum Gasteiger partial charge on any atom is 0.0897 e. The molecular weight excluding hydrogens is 234 g/mol. The largest absolute Gasteiger partial charge is 0.380 e. The number of aryl methyl sites for hydroxylation is 1. The average molecular weight is 257 g/mol. The van der Waals surface area contributed by atoms with Gasteiger partial charge in [0.2, 0.25) is 0 Å². The molecule has 1 rings (SSSR count). The lowest BCUT2D eigenvalue weighted by molar-refractivity contribution is -0.0233. The molecule has 0 aliphatic rings. The van der Waals surface area contributed by atoms with Crippen LogP contribution in [0.5, 0.6) is 0 Å². The second-order valence-electron chi connectivity index (χ2n) is 4.65. The van der Waals surface area contributed by atoms with Crippen LogP contribution in [0.15, 0.2) is 5.38 Å². The van der Waals surface area contributed by atoms with Crippen molar-refractivity contribution in [3.05, 3.63) is 16.1 Å². The van der Waals surface area contributed by atoms with E-state index in [9.17, 15) is 0 Å². The molecule has 2 unspecified atom stereocenters. The van der Waals surface area contributed by atoms with Crippen LogP contribution in [-0.4, -0.2) is 42.2 Å². The lowest BCUT2D eigenvalue weighted by Gasteiger charge is -2.41. The first-order chi connectivity index (χ1) is 7.93. The molecule has 0 aromatic carbocycles. The highest BCUT2D eigenvalue weighted by molar-refractivity contribution is 7.09. The Labute approximate surface area is 108 Å². The first-order valence-electron chi connectivity index (χ1n) is 5.79. The molecule has 0 saturated carbocycles. The number of aromatic nitrogens is 1. The van der Waals surface area contributed by atoms with Crippen LogP contribution in [0.4, 0.5) is 0 Å². The van der Waals surface area contributed by atoms with Crippen molar-refractivity contribution in [2.24, 2.45) is 5.73 Å². The Kier molecular flexibility index (Phi) is 5.06. The van der Waals surface area contributed by atoms with Crippen LogP contribution in [0.2, 0.25) is 0 Å². The minimum Gasteiger partial charge on any atom is -0.380 e. The van der Waals surface area contributed by atoms with E-state index < -0.39 is 0 Å². The molecule has 0 fully saturated rings. The van der Waals surface area contributed by atoms with E-state index in [4.69, 9.17) is 10.5 Å². The van der Waals surface area contributed by atoms with Crippen LogP contribution in [0.1, 0.15) is 24.5 Å². The summed E-state index contributed by atoms with van der Waals surface area (Å²) in [7, 11) is 3.79. The Morgan fingerprint density at radius 1 is 1.65 bits per heavy atom. The lowest BCUT2D eigenvalue weighted by Crippen LogP contribution is -2.57. The lowest BCUT2D eigenvalue weighted by atomic mass is 9.93. The molecular formula is C12H23N3OS. The molecule has 0 radical (unpaired) electrons. The molecule has 5 heteroatoms. The summed E-state index contributed by atoms with van der Waals surface area (Å²) in [4.78, 5) is 6.70. The number of thiazole rings is 1. The van der Waals surface area contributed by atoms with Gasteiger partial charge in [-0.25, -0.2) is 4.98 Å². The van der Waals surface area contributed by atoms with Gasteiger partial charge in [-0.1, -0.05) is 0 Å². The van der Waals surface area contributed by atoms with E-state index in [0.717, 1.165) is 17.2 Å². The van der Waals surface area contributed by atoms with Gasteiger partial charge in [-0.15, -0.1) is 11.3 Å². The standard InChI is InChI=1S/C12H23N3OS/c1-9(16-5)12(3,8-13)15(4)6-11-7-17-10(2)14-11/h7,9H,6,8,13H2,1-5H3.